The molecule has 1 amide bonds. The number of carbonyl (C=O) groups excluding carboxylic acids is 1. The molecule has 3 aromatic carbocycles. The number of aromatic hydroxyl groups is 1. The summed E-state index contributed by atoms with van der Waals surface area (Å²) in [4.78, 5) is 38.0. The molecule has 0 atom stereocenters. The fourth-order valence-electron chi connectivity index (χ4n) is 3.43. The van der Waals surface area contributed by atoms with Crippen LogP contribution < -0.4 is 21.5 Å². The van der Waals surface area contributed by atoms with Gasteiger partial charge in [0.2, 0.25) is 0 Å². The average Bonchev–Trinajstić information content (AvgIpc) is 3.52. The quantitative estimate of drug-likeness (QED) is 0.441. The van der Waals surface area contributed by atoms with E-state index in [1.54, 1.807) is 26.2 Å². The van der Waals surface area contributed by atoms with Crippen molar-refractivity contribution in [3.8, 4) is 5.75 Å². The molecule has 4 rings (SSSR count). The summed E-state index contributed by atoms with van der Waals surface area (Å²) in [6.07, 6.45) is 1.71. The second kappa shape index (κ2) is 6.77. The van der Waals surface area contributed by atoms with Gasteiger partial charge in [-0.05, 0) is 30.5 Å². The maximum absolute atomic E-state index is 12.2. The van der Waals surface area contributed by atoms with Crippen molar-refractivity contribution in [1.29, 1.82) is 0 Å². The van der Waals surface area contributed by atoms with Crippen LogP contribution in [0.25, 0.3) is 0 Å². The van der Waals surface area contributed by atoms with Gasteiger partial charge in [0.15, 0.2) is 5.75 Å². The van der Waals surface area contributed by atoms with Crippen LogP contribution >= 0.6 is 0 Å². The van der Waals surface area contributed by atoms with Crippen molar-refractivity contribution in [1.82, 2.24) is 4.90 Å². The molecule has 0 spiro atoms. The minimum atomic E-state index is -0.653. The van der Waals surface area contributed by atoms with E-state index in [4.69, 9.17) is 0 Å². The molecule has 0 heterocycles. The van der Waals surface area contributed by atoms with Gasteiger partial charge in [-0.1, -0.05) is 36.4 Å². The number of hydrogen-bond donors (Lipinski definition) is 3. The maximum Gasteiger partial charge on any atom is 0.257 e. The molecular weight excluding hydrogens is 370 g/mol. The van der Waals surface area contributed by atoms with Crippen LogP contribution in [-0.4, -0.2) is 30.0 Å². The van der Waals surface area contributed by atoms with Gasteiger partial charge in [-0.2, -0.15) is 0 Å². The lowest BCUT2D eigenvalue weighted by Crippen LogP contribution is -2.39. The number of phenols is 1. The molecule has 0 aliphatic heterocycles. The van der Waals surface area contributed by atoms with Crippen molar-refractivity contribution in [3.63, 3.8) is 0 Å². The van der Waals surface area contributed by atoms with Gasteiger partial charge in [0.05, 0.1) is 16.8 Å². The molecule has 1 saturated carbocycles. The lowest BCUT2D eigenvalue weighted by atomic mass is 10.0. The van der Waals surface area contributed by atoms with Crippen LogP contribution in [-0.2, 0) is 5.54 Å². The molecule has 0 unspecified atom stereocenters. The van der Waals surface area contributed by atoms with Crippen molar-refractivity contribution >= 4 is 23.0 Å². The topological polar surface area (TPSA) is 98.7 Å². The summed E-state index contributed by atoms with van der Waals surface area (Å²) in [6.45, 7) is 0. The van der Waals surface area contributed by atoms with Crippen LogP contribution in [0.2, 0.25) is 0 Å². The van der Waals surface area contributed by atoms with Gasteiger partial charge in [0.1, 0.15) is 11.4 Å². The largest absolute Gasteiger partial charge is 0.505 e. The summed E-state index contributed by atoms with van der Waals surface area (Å²) in [6, 6.07) is 14.4. The number of nitrogens with zero attached hydrogens (tertiary/aromatic N) is 1. The van der Waals surface area contributed by atoms with Gasteiger partial charge in [0, 0.05) is 14.1 Å². The molecule has 0 aromatic heterocycles. The number of anilines is 3. The SMILES string of the molecule is CN(C)C(=O)c1cccc(Nc2c(NC3(c4ccccc4)CC3)c(=O)c2=O)c1O. The molecule has 1 aliphatic carbocycles. The Labute approximate surface area is 167 Å². The summed E-state index contributed by atoms with van der Waals surface area (Å²) in [5.74, 6) is -0.634. The zero-order valence-corrected chi connectivity index (χ0v) is 16.2. The molecule has 7 nitrogen and oxygen atoms in total. The number of amides is 1. The van der Waals surface area contributed by atoms with E-state index in [1.807, 2.05) is 30.3 Å². The molecule has 29 heavy (non-hydrogen) atoms. The number of para-hydroxylation sites is 1. The Hall–Kier alpha value is -3.61. The smallest absolute Gasteiger partial charge is 0.257 e. The van der Waals surface area contributed by atoms with Crippen LogP contribution in [0.3, 0.4) is 0 Å². The van der Waals surface area contributed by atoms with Crippen molar-refractivity contribution in [3.05, 3.63) is 80.1 Å². The van der Waals surface area contributed by atoms with Crippen LogP contribution in [0.5, 0.6) is 5.75 Å². The first-order valence-corrected chi connectivity index (χ1v) is 9.32. The van der Waals surface area contributed by atoms with Gasteiger partial charge in [-0.25, -0.2) is 0 Å². The molecule has 7 heteroatoms. The summed E-state index contributed by atoms with van der Waals surface area (Å²) in [5.41, 5.74) is 0.0656. The molecule has 148 valence electrons. The number of phenolic OH excluding ortho intramolecular Hbond substituents is 1. The van der Waals surface area contributed by atoms with Crippen molar-refractivity contribution in [2.24, 2.45) is 0 Å². The molecule has 0 radical (unpaired) electrons. The van der Waals surface area contributed by atoms with E-state index in [2.05, 4.69) is 10.6 Å². The molecule has 3 N–H and O–H groups in total. The first-order valence-electron chi connectivity index (χ1n) is 9.32. The summed E-state index contributed by atoms with van der Waals surface area (Å²) in [5, 5.41) is 16.6. The summed E-state index contributed by atoms with van der Waals surface area (Å²) in [7, 11) is 3.17. The zero-order chi connectivity index (χ0) is 20.8. The molecule has 1 aliphatic rings. The highest BCUT2D eigenvalue weighted by Gasteiger charge is 2.46. The third-order valence-corrected chi connectivity index (χ3v) is 5.28. The monoisotopic (exact) mass is 391 g/mol. The fraction of sp³-hybridized carbons (Fsp3) is 0.227. The second-order valence-corrected chi connectivity index (χ2v) is 7.51. The van der Waals surface area contributed by atoms with E-state index in [0.29, 0.717) is 0 Å². The summed E-state index contributed by atoms with van der Waals surface area (Å²) < 4.78 is 0. The van der Waals surface area contributed by atoms with Crippen LogP contribution in [0.4, 0.5) is 17.1 Å². The van der Waals surface area contributed by atoms with E-state index in [-0.39, 0.29) is 39.8 Å². The van der Waals surface area contributed by atoms with Gasteiger partial charge in [-0.15, -0.1) is 0 Å². The Morgan fingerprint density at radius 3 is 2.24 bits per heavy atom. The fourth-order valence-corrected chi connectivity index (χ4v) is 3.43. The van der Waals surface area contributed by atoms with Crippen LogP contribution in [0, 0.1) is 0 Å². The number of nitrogens with one attached hydrogen (secondary N) is 2. The first kappa shape index (κ1) is 18.7. The Bertz CT molecular complexity index is 1160. The maximum atomic E-state index is 12.2. The normalized spacial score (nSPS) is 14.4. The molecule has 3 aromatic rings. The minimum Gasteiger partial charge on any atom is -0.505 e. The predicted molar refractivity (Wildman–Crippen MR) is 112 cm³/mol. The Morgan fingerprint density at radius 1 is 0.966 bits per heavy atom. The highest BCUT2D eigenvalue weighted by atomic mass is 16.3. The van der Waals surface area contributed by atoms with E-state index >= 15 is 0 Å². The zero-order valence-electron chi connectivity index (χ0n) is 16.2. The van der Waals surface area contributed by atoms with Crippen molar-refractivity contribution < 1.29 is 9.90 Å². The Morgan fingerprint density at radius 2 is 1.62 bits per heavy atom. The summed E-state index contributed by atoms with van der Waals surface area (Å²) >= 11 is 0. The standard InChI is InChI=1S/C22H21N3O4/c1-25(2)21(29)14-9-6-10-15(18(14)26)23-16-17(20(28)19(16)27)24-22(11-12-22)13-7-4-3-5-8-13/h3-10,23-24,26H,11-12H2,1-2H3. The third-order valence-electron chi connectivity index (χ3n) is 5.28. The van der Waals surface area contributed by atoms with Gasteiger partial charge >= 0.3 is 0 Å². The van der Waals surface area contributed by atoms with Crippen LogP contribution in [0.1, 0.15) is 28.8 Å². The van der Waals surface area contributed by atoms with E-state index in [0.717, 1.165) is 18.4 Å². The number of hydrogen-bond acceptors (Lipinski definition) is 6. The van der Waals surface area contributed by atoms with Crippen LogP contribution in [0.15, 0.2) is 58.1 Å². The van der Waals surface area contributed by atoms with E-state index in [9.17, 15) is 19.5 Å². The van der Waals surface area contributed by atoms with Crippen molar-refractivity contribution in [2.75, 3.05) is 24.7 Å². The van der Waals surface area contributed by atoms with Gasteiger partial charge in [-0.3, -0.25) is 14.4 Å². The average molecular weight is 391 g/mol. The molecule has 1 fully saturated rings. The highest BCUT2D eigenvalue weighted by molar-refractivity contribution is 5.99. The van der Waals surface area contributed by atoms with E-state index < -0.39 is 10.9 Å². The predicted octanol–water partition coefficient (Wildman–Crippen LogP) is 2.53. The van der Waals surface area contributed by atoms with Gasteiger partial charge < -0.3 is 20.6 Å². The molecular formula is C22H21N3O4. The molecule has 0 saturated heterocycles. The lowest BCUT2D eigenvalue weighted by molar-refractivity contribution is 0.0824. The molecule has 0 bridgehead atoms. The minimum absolute atomic E-state index is 0.0990. The third kappa shape index (κ3) is 3.14. The Kier molecular flexibility index (Phi) is 4.38. The number of benzene rings is 2. The number of carbonyl (C=O) groups is 1. The Balaban J connectivity index is 1.64. The highest BCUT2D eigenvalue weighted by Crippen LogP contribution is 2.48. The van der Waals surface area contributed by atoms with Gasteiger partial charge in [0.25, 0.3) is 16.8 Å². The van der Waals surface area contributed by atoms with Crippen molar-refractivity contribution in [2.45, 2.75) is 18.4 Å². The number of rotatable bonds is 6. The van der Waals surface area contributed by atoms with E-state index in [1.165, 1.54) is 11.0 Å². The second-order valence-electron chi connectivity index (χ2n) is 7.51. The first-order chi connectivity index (χ1) is 13.8. The lowest BCUT2D eigenvalue weighted by Gasteiger charge is -2.23.